The van der Waals surface area contributed by atoms with E-state index in [1.54, 1.807) is 0 Å². The molecule has 1 rings (SSSR count). The van der Waals surface area contributed by atoms with E-state index in [1.807, 2.05) is 6.07 Å². The van der Waals surface area contributed by atoms with Gasteiger partial charge in [0, 0.05) is 12.1 Å². The van der Waals surface area contributed by atoms with Crippen LogP contribution in [0.3, 0.4) is 0 Å². The summed E-state index contributed by atoms with van der Waals surface area (Å²) in [5, 5.41) is 12.9. The number of nitrogens with one attached hydrogen (secondary N) is 1. The van der Waals surface area contributed by atoms with E-state index >= 15 is 0 Å². The average molecular weight is 221 g/mol. The molecule has 2 N–H and O–H groups in total. The van der Waals surface area contributed by atoms with Crippen molar-refractivity contribution in [1.29, 1.82) is 0 Å². The summed E-state index contributed by atoms with van der Waals surface area (Å²) in [5.74, 6) is 0.446. The van der Waals surface area contributed by atoms with Crippen LogP contribution in [-0.2, 0) is 5.54 Å². The standard InChI is InChI=1S/C14H23NO/c1-4-15-14(10-11-16,12(2)3)13-8-6-5-7-9-13/h5-9,12,15-16H,4,10-11H2,1-3H3. The van der Waals surface area contributed by atoms with Gasteiger partial charge in [-0.25, -0.2) is 0 Å². The summed E-state index contributed by atoms with van der Waals surface area (Å²) in [5.41, 5.74) is 1.16. The molecule has 0 spiro atoms. The Labute approximate surface area is 98.7 Å². The van der Waals surface area contributed by atoms with Gasteiger partial charge in [0.2, 0.25) is 0 Å². The van der Waals surface area contributed by atoms with Gasteiger partial charge >= 0.3 is 0 Å². The van der Waals surface area contributed by atoms with Crippen LogP contribution in [0.2, 0.25) is 0 Å². The molecule has 16 heavy (non-hydrogen) atoms. The maximum Gasteiger partial charge on any atom is 0.0479 e. The molecule has 2 heteroatoms. The maximum atomic E-state index is 9.30. The molecule has 1 aromatic rings. The minimum absolute atomic E-state index is 0.106. The van der Waals surface area contributed by atoms with Gasteiger partial charge in [0.05, 0.1) is 0 Å². The van der Waals surface area contributed by atoms with Gasteiger partial charge in [0.25, 0.3) is 0 Å². The molecular formula is C14H23NO. The van der Waals surface area contributed by atoms with Gasteiger partial charge in [-0.15, -0.1) is 0 Å². The Bertz CT molecular complexity index is 289. The van der Waals surface area contributed by atoms with Crippen molar-refractivity contribution in [3.63, 3.8) is 0 Å². The molecular weight excluding hydrogens is 198 g/mol. The molecule has 1 aromatic carbocycles. The molecule has 0 aliphatic carbocycles. The molecule has 0 heterocycles. The van der Waals surface area contributed by atoms with Crippen LogP contribution < -0.4 is 5.32 Å². The van der Waals surface area contributed by atoms with Crippen molar-refractivity contribution in [2.45, 2.75) is 32.7 Å². The number of aliphatic hydroxyl groups is 1. The highest BCUT2D eigenvalue weighted by Gasteiger charge is 2.33. The molecule has 0 saturated carbocycles. The number of aliphatic hydroxyl groups excluding tert-OH is 1. The normalized spacial score (nSPS) is 15.1. The van der Waals surface area contributed by atoms with Crippen molar-refractivity contribution in [1.82, 2.24) is 5.32 Å². The molecule has 0 radical (unpaired) electrons. The Morgan fingerprint density at radius 2 is 1.88 bits per heavy atom. The molecule has 0 fully saturated rings. The summed E-state index contributed by atoms with van der Waals surface area (Å²) < 4.78 is 0. The van der Waals surface area contributed by atoms with Gasteiger partial charge in [-0.05, 0) is 24.4 Å². The third-order valence-electron chi connectivity index (χ3n) is 3.27. The van der Waals surface area contributed by atoms with Crippen LogP contribution in [0.15, 0.2) is 30.3 Å². The second-order valence-corrected chi connectivity index (χ2v) is 4.50. The van der Waals surface area contributed by atoms with Crippen LogP contribution in [0.4, 0.5) is 0 Å². The third kappa shape index (κ3) is 2.63. The largest absolute Gasteiger partial charge is 0.396 e. The monoisotopic (exact) mass is 221 g/mol. The first-order valence-electron chi connectivity index (χ1n) is 6.08. The van der Waals surface area contributed by atoms with Crippen molar-refractivity contribution >= 4 is 0 Å². The van der Waals surface area contributed by atoms with Gasteiger partial charge in [-0.2, -0.15) is 0 Å². The van der Waals surface area contributed by atoms with Crippen LogP contribution in [0.5, 0.6) is 0 Å². The van der Waals surface area contributed by atoms with E-state index in [9.17, 15) is 5.11 Å². The minimum atomic E-state index is -0.106. The molecule has 0 bridgehead atoms. The van der Waals surface area contributed by atoms with E-state index in [-0.39, 0.29) is 12.1 Å². The maximum absolute atomic E-state index is 9.30. The molecule has 90 valence electrons. The Kier molecular flexibility index (Phi) is 4.97. The van der Waals surface area contributed by atoms with Gasteiger partial charge in [0.1, 0.15) is 0 Å². The molecule has 0 saturated heterocycles. The van der Waals surface area contributed by atoms with Gasteiger partial charge < -0.3 is 10.4 Å². The Balaban J connectivity index is 3.10. The lowest BCUT2D eigenvalue weighted by molar-refractivity contribution is 0.166. The lowest BCUT2D eigenvalue weighted by atomic mass is 9.77. The van der Waals surface area contributed by atoms with Crippen molar-refractivity contribution in [3.05, 3.63) is 35.9 Å². The van der Waals surface area contributed by atoms with E-state index in [4.69, 9.17) is 0 Å². The smallest absolute Gasteiger partial charge is 0.0479 e. The summed E-state index contributed by atoms with van der Waals surface area (Å²) in [4.78, 5) is 0. The third-order valence-corrected chi connectivity index (χ3v) is 3.27. The fourth-order valence-corrected chi connectivity index (χ4v) is 2.39. The lowest BCUT2D eigenvalue weighted by Crippen LogP contribution is -2.47. The van der Waals surface area contributed by atoms with Crippen LogP contribution in [0.1, 0.15) is 32.8 Å². The first-order chi connectivity index (χ1) is 7.67. The summed E-state index contributed by atoms with van der Waals surface area (Å²) in [6.07, 6.45) is 0.753. The zero-order valence-corrected chi connectivity index (χ0v) is 10.5. The van der Waals surface area contributed by atoms with E-state index in [0.717, 1.165) is 13.0 Å². The topological polar surface area (TPSA) is 32.3 Å². The molecule has 1 unspecified atom stereocenters. The Morgan fingerprint density at radius 3 is 2.31 bits per heavy atom. The minimum Gasteiger partial charge on any atom is -0.396 e. The highest BCUT2D eigenvalue weighted by molar-refractivity contribution is 5.25. The Morgan fingerprint density at radius 1 is 1.25 bits per heavy atom. The van der Waals surface area contributed by atoms with Crippen molar-refractivity contribution in [2.24, 2.45) is 5.92 Å². The Hall–Kier alpha value is -0.860. The van der Waals surface area contributed by atoms with Crippen LogP contribution in [0, 0.1) is 5.92 Å². The summed E-state index contributed by atoms with van der Waals surface area (Å²) in [6, 6.07) is 10.4. The number of benzene rings is 1. The summed E-state index contributed by atoms with van der Waals surface area (Å²) >= 11 is 0. The highest BCUT2D eigenvalue weighted by Crippen LogP contribution is 2.32. The fourth-order valence-electron chi connectivity index (χ4n) is 2.39. The zero-order chi connectivity index (χ0) is 12.0. The molecule has 2 nitrogen and oxygen atoms in total. The fraction of sp³-hybridized carbons (Fsp3) is 0.571. The molecule has 1 atom stereocenters. The highest BCUT2D eigenvalue weighted by atomic mass is 16.3. The van der Waals surface area contributed by atoms with Gasteiger partial charge in [0.15, 0.2) is 0 Å². The second kappa shape index (κ2) is 6.02. The SMILES string of the molecule is CCNC(CCO)(c1ccccc1)C(C)C. The predicted molar refractivity (Wildman–Crippen MR) is 68.3 cm³/mol. The van der Waals surface area contributed by atoms with E-state index in [2.05, 4.69) is 50.4 Å². The first kappa shape index (κ1) is 13.2. The first-order valence-corrected chi connectivity index (χ1v) is 6.08. The lowest BCUT2D eigenvalue weighted by Gasteiger charge is -2.39. The number of rotatable bonds is 6. The van der Waals surface area contributed by atoms with E-state index in [1.165, 1.54) is 5.56 Å². The molecule has 0 aromatic heterocycles. The van der Waals surface area contributed by atoms with Crippen molar-refractivity contribution in [2.75, 3.05) is 13.2 Å². The number of hydrogen-bond donors (Lipinski definition) is 2. The van der Waals surface area contributed by atoms with E-state index in [0.29, 0.717) is 5.92 Å². The van der Waals surface area contributed by atoms with Crippen LogP contribution in [-0.4, -0.2) is 18.3 Å². The van der Waals surface area contributed by atoms with Crippen LogP contribution in [0.25, 0.3) is 0 Å². The molecule has 0 aliphatic heterocycles. The number of hydrogen-bond acceptors (Lipinski definition) is 2. The molecule has 0 aliphatic rings. The van der Waals surface area contributed by atoms with Crippen LogP contribution >= 0.6 is 0 Å². The zero-order valence-electron chi connectivity index (χ0n) is 10.5. The van der Waals surface area contributed by atoms with Crippen molar-refractivity contribution < 1.29 is 5.11 Å². The van der Waals surface area contributed by atoms with Gasteiger partial charge in [-0.3, -0.25) is 0 Å². The predicted octanol–water partition coefficient (Wildman–Crippen LogP) is 2.53. The summed E-state index contributed by atoms with van der Waals surface area (Å²) in [6.45, 7) is 7.63. The molecule has 0 amide bonds. The average Bonchev–Trinajstić information content (AvgIpc) is 2.29. The van der Waals surface area contributed by atoms with Gasteiger partial charge in [-0.1, -0.05) is 51.1 Å². The van der Waals surface area contributed by atoms with E-state index < -0.39 is 0 Å². The quantitative estimate of drug-likeness (QED) is 0.773. The second-order valence-electron chi connectivity index (χ2n) is 4.50. The van der Waals surface area contributed by atoms with Crippen molar-refractivity contribution in [3.8, 4) is 0 Å². The summed E-state index contributed by atoms with van der Waals surface area (Å²) in [7, 11) is 0.